The zero-order valence-electron chi connectivity index (χ0n) is 14.8. The third-order valence-corrected chi connectivity index (χ3v) is 5.51. The van der Waals surface area contributed by atoms with Crippen LogP contribution in [0, 0.1) is 5.92 Å². The van der Waals surface area contributed by atoms with Crippen LogP contribution in [-0.4, -0.2) is 43.0 Å². The molecule has 1 aromatic rings. The molecule has 25 heavy (non-hydrogen) atoms. The summed E-state index contributed by atoms with van der Waals surface area (Å²) in [4.78, 5) is 15.0. The molecule has 2 aliphatic heterocycles. The van der Waals surface area contributed by atoms with Crippen molar-refractivity contribution in [3.05, 3.63) is 34.9 Å². The normalized spacial score (nSPS) is 25.2. The fourth-order valence-electron chi connectivity index (χ4n) is 3.94. The molecular formula is C19H29Cl2N3O. The number of rotatable bonds is 5. The van der Waals surface area contributed by atoms with Crippen molar-refractivity contribution >= 4 is 29.9 Å². The highest BCUT2D eigenvalue weighted by molar-refractivity contribution is 6.30. The first-order valence-electron chi connectivity index (χ1n) is 9.14. The molecule has 0 aromatic heterocycles. The SMILES string of the molecule is C[C@H]1C[C@@H](C(=O)NCC(c2cccc(Cl)c2)N2CCCC2)CCN1.Cl. The summed E-state index contributed by atoms with van der Waals surface area (Å²) >= 11 is 6.18. The highest BCUT2D eigenvalue weighted by Gasteiger charge is 2.27. The van der Waals surface area contributed by atoms with Crippen molar-refractivity contribution in [1.82, 2.24) is 15.5 Å². The van der Waals surface area contributed by atoms with Crippen LogP contribution < -0.4 is 10.6 Å². The van der Waals surface area contributed by atoms with Gasteiger partial charge in [-0.15, -0.1) is 12.4 Å². The Morgan fingerprint density at radius 3 is 2.84 bits per heavy atom. The molecule has 1 amide bonds. The van der Waals surface area contributed by atoms with E-state index in [0.29, 0.717) is 12.6 Å². The van der Waals surface area contributed by atoms with Gasteiger partial charge in [-0.1, -0.05) is 23.7 Å². The molecule has 1 unspecified atom stereocenters. The number of carbonyl (C=O) groups is 1. The van der Waals surface area contributed by atoms with Crippen molar-refractivity contribution in [3.8, 4) is 0 Å². The van der Waals surface area contributed by atoms with Gasteiger partial charge in [-0.05, 0) is 69.9 Å². The molecule has 2 saturated heterocycles. The lowest BCUT2D eigenvalue weighted by Gasteiger charge is -2.31. The maximum Gasteiger partial charge on any atom is 0.223 e. The van der Waals surface area contributed by atoms with Crippen LogP contribution in [-0.2, 0) is 4.79 Å². The average Bonchev–Trinajstić information content (AvgIpc) is 3.09. The minimum absolute atomic E-state index is 0. The molecule has 4 nitrogen and oxygen atoms in total. The number of likely N-dealkylation sites (tertiary alicyclic amines) is 1. The second kappa shape index (κ2) is 9.77. The van der Waals surface area contributed by atoms with Gasteiger partial charge in [-0.3, -0.25) is 9.69 Å². The van der Waals surface area contributed by atoms with Crippen LogP contribution in [0.4, 0.5) is 0 Å². The van der Waals surface area contributed by atoms with Gasteiger partial charge in [-0.2, -0.15) is 0 Å². The Kier molecular flexibility index (Phi) is 8.01. The molecule has 140 valence electrons. The van der Waals surface area contributed by atoms with Crippen molar-refractivity contribution in [1.29, 1.82) is 0 Å². The first-order chi connectivity index (χ1) is 11.6. The van der Waals surface area contributed by atoms with Crippen LogP contribution in [0.25, 0.3) is 0 Å². The van der Waals surface area contributed by atoms with E-state index < -0.39 is 0 Å². The molecule has 0 radical (unpaired) electrons. The Hall–Kier alpha value is -0.810. The van der Waals surface area contributed by atoms with Crippen molar-refractivity contribution in [2.45, 2.75) is 44.7 Å². The van der Waals surface area contributed by atoms with Crippen molar-refractivity contribution in [2.75, 3.05) is 26.2 Å². The van der Waals surface area contributed by atoms with Crippen LogP contribution in [0.15, 0.2) is 24.3 Å². The highest BCUT2D eigenvalue weighted by Crippen LogP contribution is 2.27. The number of hydrogen-bond donors (Lipinski definition) is 2. The largest absolute Gasteiger partial charge is 0.354 e. The summed E-state index contributed by atoms with van der Waals surface area (Å²) in [5, 5.41) is 7.38. The Balaban J connectivity index is 0.00000225. The predicted molar refractivity (Wildman–Crippen MR) is 105 cm³/mol. The van der Waals surface area contributed by atoms with E-state index in [9.17, 15) is 4.79 Å². The van der Waals surface area contributed by atoms with E-state index in [0.717, 1.165) is 37.5 Å². The van der Waals surface area contributed by atoms with Crippen LogP contribution in [0.3, 0.4) is 0 Å². The number of carbonyl (C=O) groups excluding carboxylic acids is 1. The number of hydrogen-bond acceptors (Lipinski definition) is 3. The quantitative estimate of drug-likeness (QED) is 0.815. The maximum absolute atomic E-state index is 12.6. The number of nitrogens with one attached hydrogen (secondary N) is 2. The predicted octanol–water partition coefficient (Wildman–Crippen LogP) is 3.40. The molecule has 3 atom stereocenters. The minimum atomic E-state index is 0. The molecule has 2 heterocycles. The number of benzene rings is 1. The zero-order valence-corrected chi connectivity index (χ0v) is 16.4. The Bertz CT molecular complexity index is 563. The molecule has 2 aliphatic rings. The maximum atomic E-state index is 12.6. The van der Waals surface area contributed by atoms with Gasteiger partial charge in [0.05, 0.1) is 6.04 Å². The summed E-state index contributed by atoms with van der Waals surface area (Å²) in [6.45, 7) is 5.94. The van der Waals surface area contributed by atoms with Gasteiger partial charge >= 0.3 is 0 Å². The second-order valence-corrected chi connectivity index (χ2v) is 7.57. The Labute approximate surface area is 162 Å². The van der Waals surface area contributed by atoms with Gasteiger partial charge in [0.25, 0.3) is 0 Å². The van der Waals surface area contributed by atoms with Crippen molar-refractivity contribution in [2.24, 2.45) is 5.92 Å². The van der Waals surface area contributed by atoms with E-state index in [1.54, 1.807) is 0 Å². The fraction of sp³-hybridized carbons (Fsp3) is 0.632. The number of piperidine rings is 1. The van der Waals surface area contributed by atoms with E-state index in [1.807, 2.05) is 18.2 Å². The van der Waals surface area contributed by atoms with E-state index in [1.165, 1.54) is 18.4 Å². The molecule has 1 aromatic carbocycles. The molecule has 0 aliphatic carbocycles. The van der Waals surface area contributed by atoms with Crippen LogP contribution in [0.1, 0.15) is 44.2 Å². The van der Waals surface area contributed by atoms with E-state index in [4.69, 9.17) is 11.6 Å². The third kappa shape index (κ3) is 5.58. The van der Waals surface area contributed by atoms with Crippen molar-refractivity contribution < 1.29 is 4.79 Å². The minimum Gasteiger partial charge on any atom is -0.354 e. The molecular weight excluding hydrogens is 357 g/mol. The highest BCUT2D eigenvalue weighted by atomic mass is 35.5. The van der Waals surface area contributed by atoms with Crippen molar-refractivity contribution in [3.63, 3.8) is 0 Å². The summed E-state index contributed by atoms with van der Waals surface area (Å²) in [5.74, 6) is 0.342. The van der Waals surface area contributed by atoms with E-state index in [-0.39, 0.29) is 30.3 Å². The zero-order chi connectivity index (χ0) is 16.9. The Morgan fingerprint density at radius 1 is 1.40 bits per heavy atom. The topological polar surface area (TPSA) is 44.4 Å². The summed E-state index contributed by atoms with van der Waals surface area (Å²) in [6.07, 6.45) is 4.33. The molecule has 6 heteroatoms. The monoisotopic (exact) mass is 385 g/mol. The first-order valence-corrected chi connectivity index (χ1v) is 9.52. The molecule has 0 saturated carbocycles. The lowest BCUT2D eigenvalue weighted by atomic mass is 9.92. The first kappa shape index (κ1) is 20.5. The average molecular weight is 386 g/mol. The third-order valence-electron chi connectivity index (χ3n) is 5.28. The lowest BCUT2D eigenvalue weighted by molar-refractivity contribution is -0.126. The number of halogens is 2. The van der Waals surface area contributed by atoms with Gasteiger partial charge in [0, 0.05) is 23.5 Å². The summed E-state index contributed by atoms with van der Waals surface area (Å²) in [5.41, 5.74) is 1.20. The molecule has 0 spiro atoms. The van der Waals surface area contributed by atoms with Gasteiger partial charge in [0.2, 0.25) is 5.91 Å². The summed E-state index contributed by atoms with van der Waals surface area (Å²) < 4.78 is 0. The summed E-state index contributed by atoms with van der Waals surface area (Å²) in [6, 6.07) is 8.70. The molecule has 2 N–H and O–H groups in total. The van der Waals surface area contributed by atoms with E-state index in [2.05, 4.69) is 28.5 Å². The lowest BCUT2D eigenvalue weighted by Crippen LogP contribution is -2.44. The Morgan fingerprint density at radius 2 is 2.16 bits per heavy atom. The smallest absolute Gasteiger partial charge is 0.223 e. The van der Waals surface area contributed by atoms with Gasteiger partial charge in [0.15, 0.2) is 0 Å². The fourth-order valence-corrected chi connectivity index (χ4v) is 4.14. The van der Waals surface area contributed by atoms with Crippen LogP contribution >= 0.6 is 24.0 Å². The van der Waals surface area contributed by atoms with Gasteiger partial charge < -0.3 is 10.6 Å². The molecule has 0 bridgehead atoms. The molecule has 3 rings (SSSR count). The van der Waals surface area contributed by atoms with Gasteiger partial charge in [-0.25, -0.2) is 0 Å². The van der Waals surface area contributed by atoms with Crippen LogP contribution in [0.5, 0.6) is 0 Å². The second-order valence-electron chi connectivity index (χ2n) is 7.14. The number of nitrogens with zero attached hydrogens (tertiary/aromatic N) is 1. The molecule has 2 fully saturated rings. The van der Waals surface area contributed by atoms with E-state index >= 15 is 0 Å². The van der Waals surface area contributed by atoms with Crippen LogP contribution in [0.2, 0.25) is 5.02 Å². The van der Waals surface area contributed by atoms with Gasteiger partial charge in [0.1, 0.15) is 0 Å². The number of amides is 1. The standard InChI is InChI=1S/C19H28ClN3O.ClH/c1-14-11-16(7-8-21-14)19(24)22-13-18(23-9-2-3-10-23)15-5-4-6-17(20)12-15;/h4-6,12,14,16,18,21H,2-3,7-11,13H2,1H3,(H,22,24);1H/t14-,16-,18?;/m0./s1. The summed E-state index contributed by atoms with van der Waals surface area (Å²) in [7, 11) is 0.